The molecule has 0 aromatic carbocycles. The molecule has 15 heavy (non-hydrogen) atoms. The minimum absolute atomic E-state index is 0. The summed E-state index contributed by atoms with van der Waals surface area (Å²) in [6, 6.07) is 0. The number of nitrogens with one attached hydrogen (secondary N) is 1. The van der Waals surface area contributed by atoms with Gasteiger partial charge in [0.25, 0.3) is 0 Å². The Kier molecular flexibility index (Phi) is 16.7. The number of unbranched alkanes of at least 4 members (excludes halogenated alkanes) is 1. The molecular formula is C12H22NOU-. The van der Waals surface area contributed by atoms with Gasteiger partial charge in [0.15, 0.2) is 0 Å². The second kappa shape index (κ2) is 12.2. The summed E-state index contributed by atoms with van der Waals surface area (Å²) >= 11 is 0. The maximum Gasteiger partial charge on any atom is 0.0364 e. The molecule has 0 aliphatic carbocycles. The van der Waals surface area contributed by atoms with Gasteiger partial charge in [-0.3, -0.25) is 6.29 Å². The van der Waals surface area contributed by atoms with E-state index in [2.05, 4.69) is 0 Å². The van der Waals surface area contributed by atoms with E-state index in [0.29, 0.717) is 12.1 Å². The first-order valence-corrected chi connectivity index (χ1v) is 4.96. The van der Waals surface area contributed by atoms with E-state index >= 15 is 0 Å². The Bertz CT molecular complexity index is 192. The fourth-order valence-electron chi connectivity index (χ4n) is 0.519. The van der Waals surface area contributed by atoms with E-state index in [4.69, 9.17) is 5.41 Å². The fraction of sp³-hybridized carbons (Fsp3) is 0.667. The number of hydrogen-bond donors (Lipinski definition) is 1. The third-order valence-corrected chi connectivity index (χ3v) is 1.49. The third kappa shape index (κ3) is 16.8. The molecule has 0 aromatic heterocycles. The molecule has 0 saturated carbocycles. The van der Waals surface area contributed by atoms with Crippen LogP contribution >= 0.6 is 0 Å². The minimum Gasteiger partial charge on any atom is -0.542 e. The van der Waals surface area contributed by atoms with Crippen molar-refractivity contribution in [3.05, 3.63) is 12.2 Å². The standard InChI is InChI=1S/C8H15N.C4H7O.U/c1-5-6-7(9)8(2,3)4;1-2-3-4-5;/h5-6,9H,1-4H3;2-3H2,1H3;/q;-1;/b6-5-,9-7?;;. The molecule has 0 amide bonds. The Morgan fingerprint density at radius 3 is 1.93 bits per heavy atom. The number of allylic oxidation sites excluding steroid dienone is 2. The summed E-state index contributed by atoms with van der Waals surface area (Å²) in [4.78, 5) is 9.28. The van der Waals surface area contributed by atoms with Gasteiger partial charge >= 0.3 is 0 Å². The quantitative estimate of drug-likeness (QED) is 0.536. The molecule has 0 spiro atoms. The van der Waals surface area contributed by atoms with Crippen molar-refractivity contribution in [1.82, 2.24) is 0 Å². The van der Waals surface area contributed by atoms with E-state index in [-0.39, 0.29) is 36.5 Å². The van der Waals surface area contributed by atoms with Crippen LogP contribution in [0, 0.1) is 41.9 Å². The van der Waals surface area contributed by atoms with Crippen LogP contribution in [0.2, 0.25) is 0 Å². The van der Waals surface area contributed by atoms with Crippen molar-refractivity contribution in [1.29, 1.82) is 5.41 Å². The van der Waals surface area contributed by atoms with Crippen LogP contribution in [0.4, 0.5) is 0 Å². The Labute approximate surface area is 118 Å². The molecule has 0 radical (unpaired) electrons. The van der Waals surface area contributed by atoms with Gasteiger partial charge < -0.3 is 10.2 Å². The molecule has 0 saturated heterocycles. The van der Waals surface area contributed by atoms with Crippen molar-refractivity contribution in [2.75, 3.05) is 0 Å². The average molecular weight is 434 g/mol. The SMILES string of the molecule is C/C=C\C(=N)C(C)(C)C.CCC[C-]=O.[U]. The molecule has 0 aromatic rings. The topological polar surface area (TPSA) is 40.9 Å². The first kappa shape index (κ1) is 20.5. The molecule has 0 aliphatic rings. The van der Waals surface area contributed by atoms with Crippen LogP contribution in [0.15, 0.2) is 12.2 Å². The van der Waals surface area contributed by atoms with Gasteiger partial charge in [0, 0.05) is 42.2 Å². The van der Waals surface area contributed by atoms with E-state index in [1.807, 2.05) is 46.8 Å². The molecule has 86 valence electrons. The second-order valence-corrected chi connectivity index (χ2v) is 4.06. The van der Waals surface area contributed by atoms with Crippen molar-refractivity contribution in [2.24, 2.45) is 5.41 Å². The summed E-state index contributed by atoms with van der Waals surface area (Å²) in [6.45, 7) is 9.99. The predicted octanol–water partition coefficient (Wildman–Crippen LogP) is 3.52. The first-order chi connectivity index (χ1) is 6.40. The van der Waals surface area contributed by atoms with Crippen molar-refractivity contribution < 1.29 is 35.9 Å². The zero-order valence-corrected chi connectivity index (χ0v) is 14.6. The van der Waals surface area contributed by atoms with Crippen LogP contribution in [0.25, 0.3) is 0 Å². The van der Waals surface area contributed by atoms with Crippen LogP contribution in [-0.2, 0) is 4.79 Å². The van der Waals surface area contributed by atoms with E-state index in [1.165, 1.54) is 0 Å². The van der Waals surface area contributed by atoms with Crippen molar-refractivity contribution in [2.45, 2.75) is 47.5 Å². The summed E-state index contributed by atoms with van der Waals surface area (Å²) in [5, 5.41) is 7.45. The summed E-state index contributed by atoms with van der Waals surface area (Å²) in [6.07, 6.45) is 7.00. The average Bonchev–Trinajstić information content (AvgIpc) is 2.05. The van der Waals surface area contributed by atoms with Gasteiger partial charge in [-0.2, -0.15) is 6.42 Å². The smallest absolute Gasteiger partial charge is 0.0364 e. The molecule has 0 aliphatic heterocycles. The molecule has 3 heteroatoms. The predicted molar refractivity (Wildman–Crippen MR) is 62.6 cm³/mol. The molecule has 0 heterocycles. The van der Waals surface area contributed by atoms with Gasteiger partial charge in [-0.05, 0) is 13.0 Å². The Hall–Kier alpha value is 0.132. The number of rotatable bonds is 3. The first-order valence-electron chi connectivity index (χ1n) is 4.96. The molecule has 1 N–H and O–H groups in total. The van der Waals surface area contributed by atoms with E-state index in [9.17, 15) is 4.79 Å². The van der Waals surface area contributed by atoms with Crippen molar-refractivity contribution >= 4 is 12.0 Å². The molecule has 2 nitrogen and oxygen atoms in total. The third-order valence-electron chi connectivity index (χ3n) is 1.49. The monoisotopic (exact) mass is 434 g/mol. The van der Waals surface area contributed by atoms with Gasteiger partial charge in [-0.25, -0.2) is 0 Å². The fourth-order valence-corrected chi connectivity index (χ4v) is 0.519. The number of hydrogen-bond acceptors (Lipinski definition) is 2. The summed E-state index contributed by atoms with van der Waals surface area (Å²) in [5.74, 6) is 0. The minimum atomic E-state index is 0. The molecule has 0 unspecified atom stereocenters. The van der Waals surface area contributed by atoms with Crippen LogP contribution < -0.4 is 0 Å². The summed E-state index contributed by atoms with van der Waals surface area (Å²) in [5.41, 5.74) is 0.692. The number of carbonyl (C=O) groups excluding carboxylic acids is 1. The molecule has 0 fully saturated rings. The normalized spacial score (nSPS) is 9.93. The Balaban J connectivity index is -0.000000208. The van der Waals surface area contributed by atoms with Gasteiger partial charge in [-0.15, -0.1) is 0 Å². The van der Waals surface area contributed by atoms with E-state index in [0.717, 1.165) is 6.42 Å². The Morgan fingerprint density at radius 1 is 1.40 bits per heavy atom. The van der Waals surface area contributed by atoms with Crippen LogP contribution in [-0.4, -0.2) is 12.0 Å². The molecule has 0 bridgehead atoms. The maximum atomic E-state index is 9.28. The van der Waals surface area contributed by atoms with Gasteiger partial charge in [0.2, 0.25) is 0 Å². The van der Waals surface area contributed by atoms with Gasteiger partial charge in [-0.1, -0.05) is 40.2 Å². The molecule has 0 rings (SSSR count). The summed E-state index contributed by atoms with van der Waals surface area (Å²) in [7, 11) is 0. The van der Waals surface area contributed by atoms with Gasteiger partial charge in [0.1, 0.15) is 0 Å². The van der Waals surface area contributed by atoms with E-state index < -0.39 is 0 Å². The molecule has 0 atom stereocenters. The zero-order chi connectivity index (χ0) is 11.6. The molecular weight excluding hydrogens is 412 g/mol. The van der Waals surface area contributed by atoms with Crippen molar-refractivity contribution in [3.8, 4) is 0 Å². The van der Waals surface area contributed by atoms with Crippen LogP contribution in [0.3, 0.4) is 0 Å². The van der Waals surface area contributed by atoms with Gasteiger partial charge in [0.05, 0.1) is 0 Å². The summed E-state index contributed by atoms with van der Waals surface area (Å²) < 4.78 is 0. The van der Waals surface area contributed by atoms with Crippen LogP contribution in [0.5, 0.6) is 0 Å². The largest absolute Gasteiger partial charge is 0.542 e. The second-order valence-electron chi connectivity index (χ2n) is 4.06. The Morgan fingerprint density at radius 2 is 1.87 bits per heavy atom. The van der Waals surface area contributed by atoms with Crippen LogP contribution in [0.1, 0.15) is 47.5 Å². The maximum absolute atomic E-state index is 9.28. The van der Waals surface area contributed by atoms with Crippen molar-refractivity contribution in [3.63, 3.8) is 0 Å². The zero-order valence-electron chi connectivity index (χ0n) is 10.5. The van der Waals surface area contributed by atoms with E-state index in [1.54, 1.807) is 6.29 Å².